The van der Waals surface area contributed by atoms with Crippen LogP contribution in [0, 0.1) is 17.2 Å². The molecule has 0 fully saturated rings. The van der Waals surface area contributed by atoms with Crippen molar-refractivity contribution in [3.8, 4) is 11.8 Å². The summed E-state index contributed by atoms with van der Waals surface area (Å²) in [6.07, 6.45) is 0. The molecule has 2 nitrogen and oxygen atoms in total. The van der Waals surface area contributed by atoms with Crippen LogP contribution in [0.25, 0.3) is 0 Å². The molecule has 0 aliphatic heterocycles. The Morgan fingerprint density at radius 1 is 1.31 bits per heavy atom. The van der Waals surface area contributed by atoms with Crippen molar-refractivity contribution < 1.29 is 4.74 Å². The first kappa shape index (κ1) is 9.60. The summed E-state index contributed by atoms with van der Waals surface area (Å²) < 4.78 is 5.08. The molecule has 0 heterocycles. The minimum absolute atomic E-state index is 0.635. The van der Waals surface area contributed by atoms with Gasteiger partial charge in [0.25, 0.3) is 0 Å². The van der Waals surface area contributed by atoms with Crippen LogP contribution >= 0.6 is 0 Å². The van der Waals surface area contributed by atoms with Gasteiger partial charge in [0.05, 0.1) is 18.7 Å². The Bertz CT molecular complexity index is 336. The lowest BCUT2D eigenvalue weighted by molar-refractivity contribution is 0.414. The Morgan fingerprint density at radius 2 is 2.00 bits per heavy atom. The Labute approximate surface area is 78.8 Å². The molecule has 2 heteroatoms. The van der Waals surface area contributed by atoms with Crippen LogP contribution in [0.5, 0.6) is 5.75 Å². The minimum Gasteiger partial charge on any atom is -0.497 e. The fraction of sp³-hybridized carbons (Fsp3) is 0.273. The molecule has 1 aromatic rings. The highest BCUT2D eigenvalue weighted by Crippen LogP contribution is 2.21. The van der Waals surface area contributed by atoms with Crippen molar-refractivity contribution in [2.45, 2.75) is 13.8 Å². The molecule has 0 N–H and O–H groups in total. The van der Waals surface area contributed by atoms with Gasteiger partial charge in [0, 0.05) is 0 Å². The fourth-order valence-electron chi connectivity index (χ4n) is 1.07. The number of rotatable bonds is 2. The zero-order valence-corrected chi connectivity index (χ0v) is 8.09. The second-order valence-corrected chi connectivity index (χ2v) is 3.06. The number of hydrogen-bond acceptors (Lipinski definition) is 2. The summed E-state index contributed by atoms with van der Waals surface area (Å²) >= 11 is 0. The predicted molar refractivity (Wildman–Crippen MR) is 51.4 cm³/mol. The molecule has 67 valence electrons. The average molecular weight is 174 g/mol. The van der Waals surface area contributed by atoms with Gasteiger partial charge in [-0.2, -0.15) is 5.26 Å². The van der Waals surface area contributed by atoms with Crippen LogP contribution in [0.1, 0.15) is 25.0 Å². The number of benzene rings is 1. The highest BCUT2D eigenvalue weighted by atomic mass is 16.5. The summed E-state index contributed by atoms with van der Waals surface area (Å²) in [5, 5.41) is 8.75. The van der Waals surface area contributed by atoms with Gasteiger partial charge in [-0.05, 0) is 29.7 Å². The van der Waals surface area contributed by atoms with Crippen molar-refractivity contribution in [3.05, 3.63) is 35.2 Å². The van der Waals surface area contributed by atoms with Crippen LogP contribution in [-0.2, 0) is 0 Å². The normalized spacial score (nSPS) is 9.77. The zero-order chi connectivity index (χ0) is 9.84. The van der Waals surface area contributed by atoms with Gasteiger partial charge >= 0.3 is 0 Å². The SMILES string of the molecule is COc1cc(C#N)cc([C](C)C)c1. The molecule has 0 aromatic heterocycles. The summed E-state index contributed by atoms with van der Waals surface area (Å²) in [4.78, 5) is 0. The number of methoxy groups -OCH3 is 1. The molecular formula is C11H12NO. The van der Waals surface area contributed by atoms with Crippen LogP contribution in [0.4, 0.5) is 0 Å². The molecule has 0 atom stereocenters. The summed E-state index contributed by atoms with van der Waals surface area (Å²) in [5.41, 5.74) is 1.69. The lowest BCUT2D eigenvalue weighted by Gasteiger charge is -2.07. The van der Waals surface area contributed by atoms with Gasteiger partial charge < -0.3 is 4.74 Å². The van der Waals surface area contributed by atoms with Crippen molar-refractivity contribution in [2.75, 3.05) is 7.11 Å². The van der Waals surface area contributed by atoms with E-state index in [1.165, 1.54) is 5.92 Å². The number of nitriles is 1. The Morgan fingerprint density at radius 3 is 2.46 bits per heavy atom. The minimum atomic E-state index is 0.635. The van der Waals surface area contributed by atoms with E-state index >= 15 is 0 Å². The van der Waals surface area contributed by atoms with E-state index in [1.54, 1.807) is 13.2 Å². The van der Waals surface area contributed by atoms with E-state index in [4.69, 9.17) is 10.00 Å². The highest BCUT2D eigenvalue weighted by molar-refractivity contribution is 5.44. The summed E-state index contributed by atoms with van der Waals surface area (Å²) in [6, 6.07) is 7.62. The number of ether oxygens (including phenoxy) is 1. The quantitative estimate of drug-likeness (QED) is 0.690. The maximum absolute atomic E-state index is 8.75. The Kier molecular flexibility index (Phi) is 2.92. The van der Waals surface area contributed by atoms with Gasteiger partial charge in [-0.25, -0.2) is 0 Å². The van der Waals surface area contributed by atoms with E-state index in [0.29, 0.717) is 5.56 Å². The Balaban J connectivity index is 3.17. The van der Waals surface area contributed by atoms with Crippen LogP contribution in [0.2, 0.25) is 0 Å². The molecule has 13 heavy (non-hydrogen) atoms. The van der Waals surface area contributed by atoms with E-state index < -0.39 is 0 Å². The van der Waals surface area contributed by atoms with Gasteiger partial charge in [0.15, 0.2) is 0 Å². The number of nitrogens with zero attached hydrogens (tertiary/aromatic N) is 1. The molecule has 0 aliphatic carbocycles. The molecule has 1 rings (SSSR count). The van der Waals surface area contributed by atoms with E-state index in [-0.39, 0.29) is 0 Å². The number of hydrogen-bond donors (Lipinski definition) is 0. The summed E-state index contributed by atoms with van der Waals surface area (Å²) in [6.45, 7) is 4.02. The monoisotopic (exact) mass is 174 g/mol. The molecule has 0 amide bonds. The van der Waals surface area contributed by atoms with Gasteiger partial charge in [0.1, 0.15) is 5.75 Å². The topological polar surface area (TPSA) is 33.0 Å². The molecule has 0 saturated carbocycles. The molecule has 0 spiro atoms. The van der Waals surface area contributed by atoms with Crippen LogP contribution in [0.3, 0.4) is 0 Å². The van der Waals surface area contributed by atoms with Crippen molar-refractivity contribution >= 4 is 0 Å². The smallest absolute Gasteiger partial charge is 0.120 e. The maximum Gasteiger partial charge on any atom is 0.120 e. The van der Waals surface area contributed by atoms with E-state index in [9.17, 15) is 0 Å². The molecule has 1 aromatic carbocycles. The van der Waals surface area contributed by atoms with Crippen molar-refractivity contribution in [1.82, 2.24) is 0 Å². The second kappa shape index (κ2) is 3.95. The third-order valence-electron chi connectivity index (χ3n) is 1.85. The van der Waals surface area contributed by atoms with Crippen molar-refractivity contribution in [3.63, 3.8) is 0 Å². The van der Waals surface area contributed by atoms with Crippen molar-refractivity contribution in [1.29, 1.82) is 5.26 Å². The Hall–Kier alpha value is -1.49. The zero-order valence-electron chi connectivity index (χ0n) is 8.09. The largest absolute Gasteiger partial charge is 0.497 e. The van der Waals surface area contributed by atoms with Crippen LogP contribution in [0.15, 0.2) is 18.2 Å². The maximum atomic E-state index is 8.75. The first-order valence-electron chi connectivity index (χ1n) is 4.07. The lowest BCUT2D eigenvalue weighted by atomic mass is 10.0. The lowest BCUT2D eigenvalue weighted by Crippen LogP contribution is -1.92. The molecule has 0 unspecified atom stereocenters. The molecule has 1 radical (unpaired) electrons. The van der Waals surface area contributed by atoms with E-state index in [1.807, 2.05) is 26.0 Å². The first-order chi connectivity index (χ1) is 6.17. The van der Waals surface area contributed by atoms with Gasteiger partial charge in [0.2, 0.25) is 0 Å². The molecule has 0 bridgehead atoms. The molecule has 0 saturated heterocycles. The van der Waals surface area contributed by atoms with Crippen molar-refractivity contribution in [2.24, 2.45) is 0 Å². The molecular weight excluding hydrogens is 162 g/mol. The van der Waals surface area contributed by atoms with Crippen LogP contribution < -0.4 is 4.74 Å². The summed E-state index contributed by atoms with van der Waals surface area (Å²) in [5.74, 6) is 1.91. The predicted octanol–water partition coefficient (Wildman–Crippen LogP) is 2.53. The standard InChI is InChI=1S/C11H12NO/c1-8(2)10-4-9(7-12)5-11(6-10)13-3/h4-6H,1-3H3. The second-order valence-electron chi connectivity index (χ2n) is 3.06. The van der Waals surface area contributed by atoms with E-state index in [2.05, 4.69) is 6.07 Å². The third kappa shape index (κ3) is 2.22. The fourth-order valence-corrected chi connectivity index (χ4v) is 1.07. The van der Waals surface area contributed by atoms with Gasteiger partial charge in [-0.1, -0.05) is 13.8 Å². The summed E-state index contributed by atoms with van der Waals surface area (Å²) in [7, 11) is 1.60. The average Bonchev–Trinajstić information content (AvgIpc) is 2.16. The first-order valence-corrected chi connectivity index (χ1v) is 4.07. The molecule has 0 aliphatic rings. The van der Waals surface area contributed by atoms with Crippen LogP contribution in [-0.4, -0.2) is 7.11 Å². The van der Waals surface area contributed by atoms with Gasteiger partial charge in [-0.3, -0.25) is 0 Å². The van der Waals surface area contributed by atoms with E-state index in [0.717, 1.165) is 11.3 Å². The van der Waals surface area contributed by atoms with Gasteiger partial charge in [-0.15, -0.1) is 0 Å². The highest BCUT2D eigenvalue weighted by Gasteiger charge is 2.04. The third-order valence-corrected chi connectivity index (χ3v) is 1.85.